The zero-order valence-electron chi connectivity index (χ0n) is 10.00. The molecule has 0 spiro atoms. The van der Waals surface area contributed by atoms with Crippen molar-refractivity contribution in [1.82, 2.24) is 15.0 Å². The van der Waals surface area contributed by atoms with Crippen molar-refractivity contribution in [3.05, 3.63) is 48.0 Å². The van der Waals surface area contributed by atoms with Gasteiger partial charge < -0.3 is 3.79 Å². The predicted molar refractivity (Wildman–Crippen MR) is 71.4 cm³/mol. The normalized spacial score (nSPS) is 10.7. The summed E-state index contributed by atoms with van der Waals surface area (Å²) in [6, 6.07) is 13.8. The van der Waals surface area contributed by atoms with E-state index in [-0.39, 0.29) is 0 Å². The maximum absolute atomic E-state index is 5.38. The van der Waals surface area contributed by atoms with E-state index in [1.165, 1.54) is 16.6 Å². The van der Waals surface area contributed by atoms with Crippen LogP contribution >= 0.6 is 0 Å². The summed E-state index contributed by atoms with van der Waals surface area (Å²) in [5.41, 5.74) is 3.77. The van der Waals surface area contributed by atoms with Crippen molar-refractivity contribution in [2.45, 2.75) is 6.92 Å². The van der Waals surface area contributed by atoms with Gasteiger partial charge in [0.2, 0.25) is 0 Å². The topological polar surface area (TPSA) is 39.9 Å². The molecular formula is C13H11AlN3O. The van der Waals surface area contributed by atoms with Crippen LogP contribution in [0.5, 0.6) is 5.75 Å². The molecule has 87 valence electrons. The minimum atomic E-state index is 0.777. The molecule has 0 fully saturated rings. The average Bonchev–Trinajstić information content (AvgIpc) is 2.82. The standard InChI is InChI=1S/C13H11N3O.Al.H/c1-9-6-7-13(17)12(8-9)16-14-10-4-2-3-5-11(10)15-16;;/h2-8,17H,1H3;;/q;+1;/p-1. The highest BCUT2D eigenvalue weighted by Crippen LogP contribution is 2.23. The second kappa shape index (κ2) is 4.45. The summed E-state index contributed by atoms with van der Waals surface area (Å²) in [7, 11) is 0. The summed E-state index contributed by atoms with van der Waals surface area (Å²) in [5, 5.41) is 8.92. The Bertz CT molecular complexity index is 675. The lowest BCUT2D eigenvalue weighted by Crippen LogP contribution is -2.02. The Morgan fingerprint density at radius 1 is 1.06 bits per heavy atom. The Kier molecular flexibility index (Phi) is 2.79. The van der Waals surface area contributed by atoms with Crippen molar-refractivity contribution >= 4 is 27.7 Å². The second-order valence-corrected chi connectivity index (χ2v) is 4.38. The first-order valence-corrected chi connectivity index (χ1v) is 6.21. The maximum atomic E-state index is 5.38. The first-order valence-electron chi connectivity index (χ1n) is 5.63. The molecule has 4 nitrogen and oxygen atoms in total. The molecule has 0 aliphatic carbocycles. The van der Waals surface area contributed by atoms with E-state index in [1.807, 2.05) is 49.4 Å². The summed E-state index contributed by atoms with van der Waals surface area (Å²) in [6.07, 6.45) is 0. The summed E-state index contributed by atoms with van der Waals surface area (Å²) >= 11 is 1.45. The fourth-order valence-corrected chi connectivity index (χ4v) is 2.12. The van der Waals surface area contributed by atoms with Crippen LogP contribution in [0.4, 0.5) is 0 Å². The van der Waals surface area contributed by atoms with E-state index >= 15 is 0 Å². The van der Waals surface area contributed by atoms with Gasteiger partial charge in [-0.15, -0.1) is 15.0 Å². The Balaban J connectivity index is 2.22. The first-order chi connectivity index (χ1) is 8.78. The third-order valence-electron chi connectivity index (χ3n) is 2.77. The lowest BCUT2D eigenvalue weighted by molar-refractivity contribution is 0.597. The van der Waals surface area contributed by atoms with Crippen LogP contribution < -0.4 is 3.79 Å². The van der Waals surface area contributed by atoms with Crippen LogP contribution in [0.2, 0.25) is 0 Å². The molecule has 1 heterocycles. The quantitative estimate of drug-likeness (QED) is 0.654. The number of benzene rings is 2. The van der Waals surface area contributed by atoms with Crippen molar-refractivity contribution in [2.24, 2.45) is 0 Å². The zero-order valence-corrected chi connectivity index (χ0v) is 11.4. The number of rotatable bonds is 2. The van der Waals surface area contributed by atoms with Gasteiger partial charge in [0.15, 0.2) is 0 Å². The molecule has 3 rings (SSSR count). The molecule has 2 aromatic carbocycles. The Hall–Kier alpha value is -1.83. The van der Waals surface area contributed by atoms with Crippen LogP contribution in [0.25, 0.3) is 16.7 Å². The molecule has 0 aliphatic rings. The molecule has 0 saturated carbocycles. The summed E-state index contributed by atoms with van der Waals surface area (Å²) < 4.78 is 5.38. The summed E-state index contributed by atoms with van der Waals surface area (Å²) in [4.78, 5) is 1.63. The van der Waals surface area contributed by atoms with Crippen molar-refractivity contribution in [3.8, 4) is 11.4 Å². The molecule has 0 bridgehead atoms. The van der Waals surface area contributed by atoms with E-state index in [0.29, 0.717) is 0 Å². The van der Waals surface area contributed by atoms with Crippen LogP contribution in [0.1, 0.15) is 5.56 Å². The molecule has 0 unspecified atom stereocenters. The highest BCUT2D eigenvalue weighted by Gasteiger charge is 2.08. The minimum Gasteiger partial charge on any atom is -0.649 e. The second-order valence-electron chi connectivity index (χ2n) is 4.09. The number of fused-ring (bicyclic) bond motifs is 1. The van der Waals surface area contributed by atoms with Gasteiger partial charge in [-0.1, -0.05) is 18.2 Å². The lowest BCUT2D eigenvalue weighted by Gasteiger charge is -2.09. The molecular weight excluding hydrogens is 241 g/mol. The molecule has 0 saturated heterocycles. The van der Waals surface area contributed by atoms with Crippen molar-refractivity contribution in [2.75, 3.05) is 0 Å². The predicted octanol–water partition coefficient (Wildman–Crippen LogP) is 1.92. The van der Waals surface area contributed by atoms with Gasteiger partial charge in [-0.25, -0.2) is 0 Å². The van der Waals surface area contributed by atoms with E-state index in [1.54, 1.807) is 4.80 Å². The smallest absolute Gasteiger partial charge is 0.494 e. The fraction of sp³-hybridized carbons (Fsp3) is 0.0769. The Labute approximate surface area is 113 Å². The van der Waals surface area contributed by atoms with Crippen LogP contribution in [-0.2, 0) is 0 Å². The van der Waals surface area contributed by atoms with Gasteiger partial charge in [-0.05, 0) is 36.8 Å². The van der Waals surface area contributed by atoms with Gasteiger partial charge in [0.25, 0.3) is 0 Å². The lowest BCUT2D eigenvalue weighted by atomic mass is 10.2. The van der Waals surface area contributed by atoms with E-state index in [2.05, 4.69) is 10.2 Å². The number of nitrogens with zero attached hydrogens (tertiary/aromatic N) is 3. The van der Waals surface area contributed by atoms with Gasteiger partial charge in [-0.2, -0.15) is 0 Å². The van der Waals surface area contributed by atoms with Crippen LogP contribution in [0.3, 0.4) is 0 Å². The third kappa shape index (κ3) is 1.88. The SMILES string of the molecule is Cc1ccc([O][AlH])c(-n2nc3ccccc3n2)c1. The van der Waals surface area contributed by atoms with Gasteiger partial charge in [0.1, 0.15) is 22.5 Å². The Morgan fingerprint density at radius 3 is 2.33 bits per heavy atom. The van der Waals surface area contributed by atoms with Crippen LogP contribution in [0.15, 0.2) is 42.5 Å². The van der Waals surface area contributed by atoms with E-state index in [4.69, 9.17) is 3.79 Å². The van der Waals surface area contributed by atoms with Crippen LogP contribution in [0, 0.1) is 6.92 Å². The fourth-order valence-electron chi connectivity index (χ4n) is 1.87. The average molecular weight is 252 g/mol. The van der Waals surface area contributed by atoms with E-state index in [9.17, 15) is 0 Å². The van der Waals surface area contributed by atoms with Gasteiger partial charge in [0, 0.05) is 0 Å². The number of hydrogen-bond donors (Lipinski definition) is 0. The van der Waals surface area contributed by atoms with Gasteiger partial charge >= 0.3 is 16.6 Å². The molecule has 1 radical (unpaired) electrons. The molecule has 5 heteroatoms. The first kappa shape index (κ1) is 11.3. The molecule has 0 atom stereocenters. The largest absolute Gasteiger partial charge is 0.649 e. The highest BCUT2D eigenvalue weighted by atomic mass is 27.1. The van der Waals surface area contributed by atoms with Crippen LogP contribution in [-0.4, -0.2) is 31.6 Å². The third-order valence-corrected chi connectivity index (χ3v) is 3.08. The number of aryl methyl sites for hydroxylation is 1. The maximum Gasteiger partial charge on any atom is 0.494 e. The summed E-state index contributed by atoms with van der Waals surface area (Å²) in [6.45, 7) is 2.04. The molecule has 1 aromatic heterocycles. The molecule has 3 aromatic rings. The van der Waals surface area contributed by atoms with Crippen molar-refractivity contribution in [1.29, 1.82) is 0 Å². The molecule has 18 heavy (non-hydrogen) atoms. The number of aromatic nitrogens is 3. The minimum absolute atomic E-state index is 0.777. The van der Waals surface area contributed by atoms with E-state index in [0.717, 1.165) is 28.0 Å². The van der Waals surface area contributed by atoms with Crippen molar-refractivity contribution in [3.63, 3.8) is 0 Å². The monoisotopic (exact) mass is 252 g/mol. The zero-order chi connectivity index (χ0) is 12.5. The van der Waals surface area contributed by atoms with Crippen molar-refractivity contribution < 1.29 is 3.79 Å². The molecule has 0 N–H and O–H groups in total. The number of hydrogen-bond acceptors (Lipinski definition) is 3. The van der Waals surface area contributed by atoms with Gasteiger partial charge in [-0.3, -0.25) is 0 Å². The molecule has 0 amide bonds. The van der Waals surface area contributed by atoms with E-state index < -0.39 is 0 Å². The highest BCUT2D eigenvalue weighted by molar-refractivity contribution is 6.00. The molecule has 0 aliphatic heterocycles. The van der Waals surface area contributed by atoms with Gasteiger partial charge in [0.05, 0.1) is 0 Å². The Morgan fingerprint density at radius 2 is 1.72 bits per heavy atom. The summed E-state index contributed by atoms with van der Waals surface area (Å²) in [5.74, 6) is 0.777.